The van der Waals surface area contributed by atoms with E-state index in [0.717, 1.165) is 32.1 Å². The van der Waals surface area contributed by atoms with E-state index < -0.39 is 20.8 Å². The highest BCUT2D eigenvalue weighted by atomic mass is 31.2. The quantitative estimate of drug-likeness (QED) is 0.167. The Hall–Kier alpha value is -0.570. The van der Waals surface area contributed by atoms with Gasteiger partial charge in [-0.15, -0.1) is 0 Å². The molecule has 28 heavy (non-hydrogen) atoms. The molecule has 0 fully saturated rings. The van der Waals surface area contributed by atoms with Crippen LogP contribution in [-0.4, -0.2) is 28.1 Å². The van der Waals surface area contributed by atoms with Gasteiger partial charge in [0.2, 0.25) is 6.35 Å². The van der Waals surface area contributed by atoms with Crippen molar-refractivity contribution in [3.05, 3.63) is 34.9 Å². The Balaban J connectivity index is 4.32. The van der Waals surface area contributed by atoms with Gasteiger partial charge in [0.1, 0.15) is 0 Å². The summed E-state index contributed by atoms with van der Waals surface area (Å²) >= 11 is 0. The van der Waals surface area contributed by atoms with Crippen LogP contribution in [0.15, 0.2) is 34.9 Å². The van der Waals surface area contributed by atoms with Crippen molar-refractivity contribution in [2.45, 2.75) is 85.0 Å². The van der Waals surface area contributed by atoms with Crippen LogP contribution in [0.1, 0.15) is 79.6 Å². The summed E-state index contributed by atoms with van der Waals surface area (Å²) < 4.78 is 28.8. The molecule has 0 aromatic rings. The van der Waals surface area contributed by atoms with Gasteiger partial charge in [0, 0.05) is 13.0 Å². The highest BCUT2D eigenvalue weighted by molar-refractivity contribution is 7.67. The van der Waals surface area contributed by atoms with Gasteiger partial charge in [0.25, 0.3) is 5.40 Å². The van der Waals surface area contributed by atoms with Crippen molar-refractivity contribution in [1.29, 1.82) is 0 Å². The maximum Gasteiger partial charge on any atom is 0.382 e. The molecule has 0 saturated heterocycles. The van der Waals surface area contributed by atoms with Crippen molar-refractivity contribution in [3.8, 4) is 0 Å². The molecule has 7 heteroatoms. The number of allylic oxidation sites excluding steroid dienone is 6. The zero-order chi connectivity index (χ0) is 21.6. The van der Waals surface area contributed by atoms with E-state index in [1.165, 1.54) is 16.7 Å². The van der Waals surface area contributed by atoms with E-state index in [9.17, 15) is 18.9 Å². The Morgan fingerprint density at radius 3 is 2.04 bits per heavy atom. The van der Waals surface area contributed by atoms with Gasteiger partial charge in [-0.05, 0) is 73.1 Å². The monoisotopic (exact) mass is 433 g/mol. The van der Waals surface area contributed by atoms with Gasteiger partial charge in [0.15, 0.2) is 0 Å². The van der Waals surface area contributed by atoms with Gasteiger partial charge in [-0.1, -0.05) is 39.5 Å². The van der Waals surface area contributed by atoms with E-state index in [1.807, 2.05) is 0 Å². The molecule has 0 radical (unpaired) electrons. The first-order valence-electron chi connectivity index (χ1n) is 10.1. The number of ether oxygens (including phenoxy) is 1. The third-order valence-corrected chi connectivity index (χ3v) is 8.50. The van der Waals surface area contributed by atoms with Crippen molar-refractivity contribution in [1.82, 2.24) is 0 Å². The molecule has 0 aromatic heterocycles. The second-order valence-electron chi connectivity index (χ2n) is 7.50. The molecule has 0 amide bonds. The SMILES string of the molecule is CCOC[P+](=O)C(CCCC=C(C)CCC=C(C)CCC=C(C)C)P(=O)(O)O. The molecule has 162 valence electrons. The maximum absolute atomic E-state index is 12.1. The molecule has 5 nitrogen and oxygen atoms in total. The summed E-state index contributed by atoms with van der Waals surface area (Å²) in [7, 11) is -6.44. The average Bonchev–Trinajstić information content (AvgIpc) is 2.58. The lowest BCUT2D eigenvalue weighted by Gasteiger charge is -2.09. The van der Waals surface area contributed by atoms with Gasteiger partial charge in [0.05, 0.1) is 0 Å². The standard InChI is InChI=1S/C21H38O5P2/c1-6-26-17-27(22)21(28(23,24)25)16-8-7-12-19(4)14-10-15-20(5)13-9-11-18(2)3/h11-12,15,21H,6-10,13-14,16-17H2,1-5H3,(H-,23,24,25)/p+1. The Kier molecular flexibility index (Phi) is 15.0. The van der Waals surface area contributed by atoms with Crippen LogP contribution >= 0.6 is 15.4 Å². The van der Waals surface area contributed by atoms with E-state index in [0.29, 0.717) is 13.0 Å². The molecule has 0 aliphatic heterocycles. The van der Waals surface area contributed by atoms with Crippen LogP contribution in [0, 0.1) is 0 Å². The largest absolute Gasteiger partial charge is 0.382 e. The molecule has 0 aliphatic rings. The summed E-state index contributed by atoms with van der Waals surface area (Å²) in [6.45, 7) is 10.6. The highest BCUT2D eigenvalue weighted by Gasteiger charge is 2.44. The molecular weight excluding hydrogens is 394 g/mol. The van der Waals surface area contributed by atoms with Crippen molar-refractivity contribution >= 4 is 15.4 Å². The fourth-order valence-corrected chi connectivity index (χ4v) is 5.80. The van der Waals surface area contributed by atoms with Crippen molar-refractivity contribution < 1.29 is 23.7 Å². The molecule has 0 aromatic carbocycles. The van der Waals surface area contributed by atoms with Crippen molar-refractivity contribution in [2.24, 2.45) is 0 Å². The summed E-state index contributed by atoms with van der Waals surface area (Å²) in [4.78, 5) is 18.9. The van der Waals surface area contributed by atoms with Crippen molar-refractivity contribution in [2.75, 3.05) is 13.0 Å². The van der Waals surface area contributed by atoms with Gasteiger partial charge < -0.3 is 14.5 Å². The van der Waals surface area contributed by atoms with Crippen LogP contribution in [-0.2, 0) is 13.9 Å². The zero-order valence-corrected chi connectivity index (χ0v) is 20.0. The molecule has 2 atom stereocenters. The van der Waals surface area contributed by atoms with Gasteiger partial charge in [-0.25, -0.2) is 0 Å². The summed E-state index contributed by atoms with van der Waals surface area (Å²) in [5.74, 6) is 0. The lowest BCUT2D eigenvalue weighted by Crippen LogP contribution is -2.06. The van der Waals surface area contributed by atoms with E-state index in [-0.39, 0.29) is 12.8 Å². The first-order valence-corrected chi connectivity index (χ1v) is 13.3. The molecule has 0 aliphatic carbocycles. The third kappa shape index (κ3) is 14.4. The average molecular weight is 433 g/mol. The minimum Gasteiger partial charge on any atom is -0.338 e. The van der Waals surface area contributed by atoms with Gasteiger partial charge >= 0.3 is 15.4 Å². The van der Waals surface area contributed by atoms with Crippen LogP contribution in [0.25, 0.3) is 0 Å². The van der Waals surface area contributed by atoms with Crippen molar-refractivity contribution in [3.63, 3.8) is 0 Å². The van der Waals surface area contributed by atoms with E-state index in [1.54, 1.807) is 6.92 Å². The molecule has 0 bridgehead atoms. The smallest absolute Gasteiger partial charge is 0.338 e. The van der Waals surface area contributed by atoms with Gasteiger partial charge in [-0.2, -0.15) is 0 Å². The summed E-state index contributed by atoms with van der Waals surface area (Å²) in [6, 6.07) is 0. The summed E-state index contributed by atoms with van der Waals surface area (Å²) in [6.07, 6.45) is 12.4. The lowest BCUT2D eigenvalue weighted by atomic mass is 10.1. The minimum atomic E-state index is -4.38. The Labute approximate surface area is 172 Å². The fraction of sp³-hybridized carbons (Fsp3) is 0.714. The number of unbranched alkanes of at least 4 members (excludes halogenated alkanes) is 1. The van der Waals surface area contributed by atoms with E-state index >= 15 is 0 Å². The molecule has 0 heterocycles. The third-order valence-electron chi connectivity index (χ3n) is 4.43. The predicted molar refractivity (Wildman–Crippen MR) is 119 cm³/mol. The van der Waals surface area contributed by atoms with Gasteiger partial charge in [-0.3, -0.25) is 4.57 Å². The molecule has 2 N–H and O–H groups in total. The van der Waals surface area contributed by atoms with Crippen LogP contribution in [0.2, 0.25) is 0 Å². The second-order valence-corrected chi connectivity index (χ2v) is 11.4. The highest BCUT2D eigenvalue weighted by Crippen LogP contribution is 2.55. The first-order chi connectivity index (χ1) is 13.1. The number of hydrogen-bond acceptors (Lipinski definition) is 3. The molecule has 0 saturated carbocycles. The van der Waals surface area contributed by atoms with Crippen LogP contribution in [0.3, 0.4) is 0 Å². The second kappa shape index (κ2) is 15.3. The molecule has 0 rings (SSSR count). The topological polar surface area (TPSA) is 83.8 Å². The number of hydrogen-bond donors (Lipinski definition) is 2. The van der Waals surface area contributed by atoms with E-state index in [2.05, 4.69) is 45.9 Å². The summed E-state index contributed by atoms with van der Waals surface area (Å²) in [5, 5.41) is -1.10. The number of rotatable bonds is 15. The Morgan fingerprint density at radius 1 is 1.00 bits per heavy atom. The lowest BCUT2D eigenvalue weighted by molar-refractivity contribution is 0.193. The molecule has 0 spiro atoms. The normalized spacial score (nSPS) is 14.8. The molecular formula is C21H39O5P2+. The predicted octanol–water partition coefficient (Wildman–Crippen LogP) is 6.90. The Bertz CT molecular complexity index is 598. The zero-order valence-electron chi connectivity index (χ0n) is 18.2. The Morgan fingerprint density at radius 2 is 1.54 bits per heavy atom. The van der Waals surface area contributed by atoms with Crippen LogP contribution < -0.4 is 0 Å². The maximum atomic E-state index is 12.1. The van der Waals surface area contributed by atoms with Crippen LogP contribution in [0.4, 0.5) is 0 Å². The minimum absolute atomic E-state index is 0.0875. The fourth-order valence-electron chi connectivity index (χ4n) is 2.74. The first kappa shape index (κ1) is 27.4. The molecule has 2 unspecified atom stereocenters. The van der Waals surface area contributed by atoms with Crippen LogP contribution in [0.5, 0.6) is 0 Å². The van der Waals surface area contributed by atoms with E-state index in [4.69, 9.17) is 4.74 Å². The summed E-state index contributed by atoms with van der Waals surface area (Å²) in [5.41, 5.74) is 4.04.